The molecule has 0 radical (unpaired) electrons. The van der Waals surface area contributed by atoms with E-state index >= 15 is 0 Å². The average molecular weight is 480 g/mol. The highest BCUT2D eigenvalue weighted by atomic mass is 79.9. The normalized spacial score (nSPS) is 16.8. The van der Waals surface area contributed by atoms with Crippen LogP contribution in [0, 0.1) is 0 Å². The zero-order valence-electron chi connectivity index (χ0n) is 15.0. The molecule has 0 aliphatic carbocycles. The van der Waals surface area contributed by atoms with Crippen LogP contribution >= 0.6 is 27.5 Å². The van der Waals surface area contributed by atoms with Gasteiger partial charge in [0.25, 0.3) is 0 Å². The molecule has 3 aromatic rings. The largest absolute Gasteiger partial charge is 0.416 e. The molecule has 7 heteroatoms. The quantitative estimate of drug-likeness (QED) is 0.380. The maximum absolute atomic E-state index is 13.2. The van der Waals surface area contributed by atoms with Crippen LogP contribution in [0.5, 0.6) is 0 Å². The van der Waals surface area contributed by atoms with Crippen LogP contribution in [0.1, 0.15) is 29.2 Å². The first-order valence-electron chi connectivity index (χ1n) is 8.86. The average Bonchev–Trinajstić information content (AvgIpc) is 3.14. The number of nitrogens with zero attached hydrogens (tertiary/aromatic N) is 2. The number of halogens is 5. The Labute approximate surface area is 179 Å². The lowest BCUT2D eigenvalue weighted by molar-refractivity contribution is -0.137. The summed E-state index contributed by atoms with van der Waals surface area (Å²) >= 11 is 9.43. The first-order valence-corrected chi connectivity index (χ1v) is 10.0. The van der Waals surface area contributed by atoms with E-state index in [0.717, 1.165) is 33.4 Å². The Morgan fingerprint density at radius 2 is 1.66 bits per heavy atom. The van der Waals surface area contributed by atoms with E-state index in [-0.39, 0.29) is 6.04 Å². The molecule has 0 spiro atoms. The molecule has 0 fully saturated rings. The molecule has 0 saturated carbocycles. The van der Waals surface area contributed by atoms with Gasteiger partial charge in [0.2, 0.25) is 0 Å². The topological polar surface area (TPSA) is 15.6 Å². The molecule has 3 aromatic carbocycles. The third-order valence-electron chi connectivity index (χ3n) is 4.78. The summed E-state index contributed by atoms with van der Waals surface area (Å²) < 4.78 is 40.6. The Morgan fingerprint density at radius 3 is 2.31 bits per heavy atom. The molecule has 4 rings (SSSR count). The summed E-state index contributed by atoms with van der Waals surface area (Å²) in [5.41, 5.74) is 2.38. The van der Waals surface area contributed by atoms with Crippen LogP contribution in [0.3, 0.4) is 0 Å². The first kappa shape index (κ1) is 20.0. The van der Waals surface area contributed by atoms with Crippen molar-refractivity contribution in [2.24, 2.45) is 5.10 Å². The van der Waals surface area contributed by atoms with Crippen molar-refractivity contribution in [3.8, 4) is 0 Å². The van der Waals surface area contributed by atoms with Gasteiger partial charge in [-0.05, 0) is 53.6 Å². The molecular formula is C22H15BrClF3N2. The smallest absolute Gasteiger partial charge is 0.257 e. The van der Waals surface area contributed by atoms with Crippen LogP contribution in [-0.4, -0.2) is 5.71 Å². The van der Waals surface area contributed by atoms with Gasteiger partial charge in [-0.15, -0.1) is 0 Å². The molecule has 0 saturated heterocycles. The molecule has 0 N–H and O–H groups in total. The predicted octanol–water partition coefficient (Wildman–Crippen LogP) is 7.48. The Hall–Kier alpha value is -2.31. The highest BCUT2D eigenvalue weighted by Gasteiger charge is 2.34. The van der Waals surface area contributed by atoms with Gasteiger partial charge in [-0.3, -0.25) is 5.01 Å². The van der Waals surface area contributed by atoms with Gasteiger partial charge >= 0.3 is 6.18 Å². The van der Waals surface area contributed by atoms with Crippen LogP contribution in [0.2, 0.25) is 5.02 Å². The van der Waals surface area contributed by atoms with E-state index in [1.54, 1.807) is 23.2 Å². The fourth-order valence-electron chi connectivity index (χ4n) is 3.33. The number of hydrogen-bond acceptors (Lipinski definition) is 2. The standard InChI is InChI=1S/C22H15BrClF3N2/c23-17-8-4-14(5-9-17)20-13-21(15-6-10-18(24)11-7-15)29(28-20)19-3-1-2-16(12-19)22(25,26)27/h1-12,21H,13H2. The summed E-state index contributed by atoms with van der Waals surface area (Å²) in [7, 11) is 0. The second-order valence-corrected chi connectivity index (χ2v) is 8.07. The van der Waals surface area contributed by atoms with E-state index in [2.05, 4.69) is 15.9 Å². The lowest BCUT2D eigenvalue weighted by atomic mass is 9.98. The van der Waals surface area contributed by atoms with Gasteiger partial charge in [0.05, 0.1) is 23.0 Å². The van der Waals surface area contributed by atoms with E-state index in [0.29, 0.717) is 17.1 Å². The van der Waals surface area contributed by atoms with Crippen molar-refractivity contribution in [1.82, 2.24) is 0 Å². The van der Waals surface area contributed by atoms with Crippen LogP contribution < -0.4 is 5.01 Å². The highest BCUT2D eigenvalue weighted by molar-refractivity contribution is 9.10. The molecule has 2 nitrogen and oxygen atoms in total. The van der Waals surface area contributed by atoms with Crippen molar-refractivity contribution in [2.75, 3.05) is 5.01 Å². The summed E-state index contributed by atoms with van der Waals surface area (Å²) in [5, 5.41) is 6.96. The third kappa shape index (κ3) is 4.33. The molecule has 148 valence electrons. The molecule has 1 aliphatic rings. The molecule has 1 unspecified atom stereocenters. The summed E-state index contributed by atoms with van der Waals surface area (Å²) in [6.07, 6.45) is -3.84. The van der Waals surface area contributed by atoms with E-state index < -0.39 is 11.7 Å². The van der Waals surface area contributed by atoms with Gasteiger partial charge in [-0.25, -0.2) is 0 Å². The fraction of sp³-hybridized carbons (Fsp3) is 0.136. The van der Waals surface area contributed by atoms with E-state index in [4.69, 9.17) is 16.7 Å². The van der Waals surface area contributed by atoms with Gasteiger partial charge < -0.3 is 0 Å². The van der Waals surface area contributed by atoms with Crippen LogP contribution in [0.15, 0.2) is 82.4 Å². The summed E-state index contributed by atoms with van der Waals surface area (Å²) in [4.78, 5) is 0. The van der Waals surface area contributed by atoms with Crippen molar-refractivity contribution in [2.45, 2.75) is 18.6 Å². The Morgan fingerprint density at radius 1 is 0.966 bits per heavy atom. The monoisotopic (exact) mass is 478 g/mol. The Kier molecular flexibility index (Phi) is 5.40. The molecule has 1 atom stereocenters. The number of benzene rings is 3. The van der Waals surface area contributed by atoms with Crippen molar-refractivity contribution in [3.05, 3.63) is 99.0 Å². The zero-order valence-corrected chi connectivity index (χ0v) is 17.3. The van der Waals surface area contributed by atoms with Crippen molar-refractivity contribution in [1.29, 1.82) is 0 Å². The van der Waals surface area contributed by atoms with Crippen LogP contribution in [-0.2, 0) is 6.18 Å². The molecule has 1 heterocycles. The molecule has 0 bridgehead atoms. The van der Waals surface area contributed by atoms with E-state index in [9.17, 15) is 13.2 Å². The van der Waals surface area contributed by atoms with Crippen LogP contribution in [0.25, 0.3) is 0 Å². The SMILES string of the molecule is FC(F)(F)c1cccc(N2N=C(c3ccc(Br)cc3)CC2c2ccc(Cl)cc2)c1. The highest BCUT2D eigenvalue weighted by Crippen LogP contribution is 2.39. The van der Waals surface area contributed by atoms with Gasteiger partial charge in [0, 0.05) is 15.9 Å². The second kappa shape index (κ2) is 7.84. The van der Waals surface area contributed by atoms with E-state index in [1.807, 2.05) is 36.4 Å². The van der Waals surface area contributed by atoms with Gasteiger partial charge in [0.1, 0.15) is 0 Å². The van der Waals surface area contributed by atoms with Crippen molar-refractivity contribution >= 4 is 38.9 Å². The number of hydrazone groups is 1. The van der Waals surface area contributed by atoms with Gasteiger partial charge in [-0.2, -0.15) is 18.3 Å². The maximum atomic E-state index is 13.2. The molecule has 29 heavy (non-hydrogen) atoms. The minimum atomic E-state index is -4.41. The molecular weight excluding hydrogens is 465 g/mol. The first-order chi connectivity index (χ1) is 13.8. The summed E-state index contributed by atoms with van der Waals surface area (Å²) in [6, 6.07) is 20.1. The summed E-state index contributed by atoms with van der Waals surface area (Å²) in [5.74, 6) is 0. The lowest BCUT2D eigenvalue weighted by Crippen LogP contribution is -2.19. The number of alkyl halides is 3. The molecule has 0 aromatic heterocycles. The van der Waals surface area contributed by atoms with Gasteiger partial charge in [-0.1, -0.05) is 57.9 Å². The Balaban J connectivity index is 1.77. The van der Waals surface area contributed by atoms with Crippen LogP contribution in [0.4, 0.5) is 18.9 Å². The maximum Gasteiger partial charge on any atom is 0.416 e. The Bertz CT molecular complexity index is 1050. The zero-order chi connectivity index (χ0) is 20.6. The second-order valence-electron chi connectivity index (χ2n) is 6.72. The van der Waals surface area contributed by atoms with Gasteiger partial charge in [0.15, 0.2) is 0 Å². The predicted molar refractivity (Wildman–Crippen MR) is 113 cm³/mol. The number of rotatable bonds is 3. The van der Waals surface area contributed by atoms with E-state index in [1.165, 1.54) is 6.07 Å². The van der Waals surface area contributed by atoms with Crippen molar-refractivity contribution < 1.29 is 13.2 Å². The fourth-order valence-corrected chi connectivity index (χ4v) is 3.72. The molecule has 1 aliphatic heterocycles. The number of hydrogen-bond donors (Lipinski definition) is 0. The lowest BCUT2D eigenvalue weighted by Gasteiger charge is -2.24. The molecule has 0 amide bonds. The summed E-state index contributed by atoms with van der Waals surface area (Å²) in [6.45, 7) is 0. The van der Waals surface area contributed by atoms with Crippen molar-refractivity contribution in [3.63, 3.8) is 0 Å². The minimum absolute atomic E-state index is 0.227. The minimum Gasteiger partial charge on any atom is -0.257 e. The number of anilines is 1. The third-order valence-corrected chi connectivity index (χ3v) is 5.56.